The molecule has 0 aliphatic carbocycles. The lowest BCUT2D eigenvalue weighted by atomic mass is 10.1. The zero-order valence-corrected chi connectivity index (χ0v) is 10.0. The molecule has 0 saturated heterocycles. The van der Waals surface area contributed by atoms with Crippen molar-refractivity contribution in [1.29, 1.82) is 0 Å². The maximum atomic E-state index is 5.53. The smallest absolute Gasteiger partial charge is 0.134 e. The van der Waals surface area contributed by atoms with Crippen molar-refractivity contribution in [3.63, 3.8) is 0 Å². The molecule has 0 aliphatic rings. The Kier molecular flexibility index (Phi) is 2.66. The second-order valence-electron chi connectivity index (χ2n) is 3.82. The molecule has 3 aromatic rings. The molecule has 4 heteroatoms. The zero-order chi connectivity index (χ0) is 11.7. The van der Waals surface area contributed by atoms with Crippen LogP contribution in [0.5, 0.6) is 0 Å². The van der Waals surface area contributed by atoms with Crippen LogP contribution in [0.2, 0.25) is 0 Å². The molecule has 0 unspecified atom stereocenters. The van der Waals surface area contributed by atoms with Gasteiger partial charge in [-0.25, -0.2) is 4.98 Å². The summed E-state index contributed by atoms with van der Waals surface area (Å²) in [6.07, 6.45) is 2.54. The van der Waals surface area contributed by atoms with Gasteiger partial charge in [0.15, 0.2) is 0 Å². The first-order chi connectivity index (χ1) is 8.38. The minimum Gasteiger partial charge on any atom is -0.464 e. The van der Waals surface area contributed by atoms with Crippen LogP contribution in [0.3, 0.4) is 0 Å². The van der Waals surface area contributed by atoms with Crippen LogP contribution in [0, 0.1) is 0 Å². The number of aromatic nitrogens is 1. The molecule has 17 heavy (non-hydrogen) atoms. The van der Waals surface area contributed by atoms with Crippen molar-refractivity contribution >= 4 is 22.3 Å². The number of thiazole rings is 1. The van der Waals surface area contributed by atoms with Gasteiger partial charge in [-0.3, -0.25) is 0 Å². The highest BCUT2D eigenvalue weighted by Gasteiger charge is 2.09. The van der Waals surface area contributed by atoms with Gasteiger partial charge in [-0.1, -0.05) is 12.1 Å². The van der Waals surface area contributed by atoms with Crippen LogP contribution >= 0.6 is 11.3 Å². The lowest BCUT2D eigenvalue weighted by Gasteiger charge is -1.97. The van der Waals surface area contributed by atoms with Crippen molar-refractivity contribution in [1.82, 2.24) is 4.98 Å². The summed E-state index contributed by atoms with van der Waals surface area (Å²) >= 11 is 1.65. The van der Waals surface area contributed by atoms with Crippen LogP contribution in [0.4, 0.5) is 0 Å². The van der Waals surface area contributed by atoms with E-state index in [1.54, 1.807) is 17.6 Å². The van der Waals surface area contributed by atoms with Crippen molar-refractivity contribution in [3.8, 4) is 10.6 Å². The second kappa shape index (κ2) is 4.31. The molecule has 86 valence electrons. The van der Waals surface area contributed by atoms with Gasteiger partial charge in [-0.05, 0) is 18.7 Å². The number of nitrogens with zero attached hydrogens (tertiary/aromatic N) is 1. The summed E-state index contributed by atoms with van der Waals surface area (Å²) in [5.41, 5.74) is 8.63. The highest BCUT2D eigenvalue weighted by molar-refractivity contribution is 7.13. The monoisotopic (exact) mass is 244 g/mol. The minimum absolute atomic E-state index is 0.638. The van der Waals surface area contributed by atoms with Gasteiger partial charge in [0.05, 0.1) is 12.0 Å². The lowest BCUT2D eigenvalue weighted by molar-refractivity contribution is 0.616. The van der Waals surface area contributed by atoms with Crippen molar-refractivity contribution in [2.75, 3.05) is 6.54 Å². The zero-order valence-electron chi connectivity index (χ0n) is 9.22. The molecule has 0 amide bonds. The molecular weight excluding hydrogens is 232 g/mol. The molecule has 0 aliphatic heterocycles. The van der Waals surface area contributed by atoms with Crippen LogP contribution in [0.1, 0.15) is 5.69 Å². The number of fused-ring (bicyclic) bond motifs is 1. The van der Waals surface area contributed by atoms with Crippen molar-refractivity contribution in [3.05, 3.63) is 41.6 Å². The molecule has 0 radical (unpaired) electrons. The summed E-state index contributed by atoms with van der Waals surface area (Å²) in [5, 5.41) is 4.21. The first-order valence-corrected chi connectivity index (χ1v) is 6.37. The first kappa shape index (κ1) is 10.5. The molecule has 1 aromatic carbocycles. The second-order valence-corrected chi connectivity index (χ2v) is 4.68. The molecule has 0 spiro atoms. The topological polar surface area (TPSA) is 52.0 Å². The fourth-order valence-corrected chi connectivity index (χ4v) is 2.77. The van der Waals surface area contributed by atoms with Crippen LogP contribution in [0.25, 0.3) is 21.5 Å². The standard InChI is InChI=1S/C13H12N2OS/c14-6-4-9-8-17-13(15-9)11-2-1-3-12-10(11)5-7-16-12/h1-3,5,7-8H,4,6,14H2. The predicted octanol–water partition coefficient (Wildman–Crippen LogP) is 3.06. The maximum absolute atomic E-state index is 5.53. The van der Waals surface area contributed by atoms with Gasteiger partial charge < -0.3 is 10.2 Å². The summed E-state index contributed by atoms with van der Waals surface area (Å²) in [6, 6.07) is 8.01. The van der Waals surface area contributed by atoms with Gasteiger partial charge in [-0.2, -0.15) is 0 Å². The highest BCUT2D eigenvalue weighted by atomic mass is 32.1. The van der Waals surface area contributed by atoms with E-state index >= 15 is 0 Å². The molecular formula is C13H12N2OS. The molecule has 2 N–H and O–H groups in total. The third kappa shape index (κ3) is 1.85. The third-order valence-electron chi connectivity index (χ3n) is 2.68. The number of nitrogens with two attached hydrogens (primary N) is 1. The van der Waals surface area contributed by atoms with Gasteiger partial charge in [0.2, 0.25) is 0 Å². The fraction of sp³-hybridized carbons (Fsp3) is 0.154. The van der Waals surface area contributed by atoms with E-state index in [0.717, 1.165) is 33.7 Å². The first-order valence-electron chi connectivity index (χ1n) is 5.49. The quantitative estimate of drug-likeness (QED) is 0.770. The van der Waals surface area contributed by atoms with Crippen molar-refractivity contribution in [2.24, 2.45) is 5.73 Å². The van der Waals surface area contributed by atoms with Gasteiger partial charge in [0.1, 0.15) is 10.6 Å². The van der Waals surface area contributed by atoms with Crippen LogP contribution < -0.4 is 5.73 Å². The van der Waals surface area contributed by atoms with E-state index in [4.69, 9.17) is 10.2 Å². The van der Waals surface area contributed by atoms with E-state index < -0.39 is 0 Å². The van der Waals surface area contributed by atoms with Crippen LogP contribution in [-0.4, -0.2) is 11.5 Å². The molecule has 0 bridgehead atoms. The Balaban J connectivity index is 2.10. The van der Waals surface area contributed by atoms with Gasteiger partial charge in [0, 0.05) is 22.8 Å². The SMILES string of the molecule is NCCc1csc(-c2cccc3occc23)n1. The Morgan fingerprint density at radius 2 is 2.24 bits per heavy atom. The Labute approximate surface area is 103 Å². The molecule has 3 rings (SSSR count). The summed E-state index contributed by atoms with van der Waals surface area (Å²) in [5.74, 6) is 0. The number of furan rings is 1. The number of rotatable bonds is 3. The number of hydrogen-bond donors (Lipinski definition) is 1. The van der Waals surface area contributed by atoms with Crippen LogP contribution in [-0.2, 0) is 6.42 Å². The molecule has 3 nitrogen and oxygen atoms in total. The predicted molar refractivity (Wildman–Crippen MR) is 70.1 cm³/mol. The molecule has 0 fully saturated rings. The van der Waals surface area contributed by atoms with Crippen molar-refractivity contribution < 1.29 is 4.42 Å². The normalized spacial score (nSPS) is 11.1. The van der Waals surface area contributed by atoms with E-state index in [1.165, 1.54) is 0 Å². The van der Waals surface area contributed by atoms with E-state index in [1.807, 2.05) is 18.2 Å². The lowest BCUT2D eigenvalue weighted by Crippen LogP contribution is -2.02. The fourth-order valence-electron chi connectivity index (χ4n) is 1.87. The number of hydrogen-bond acceptors (Lipinski definition) is 4. The summed E-state index contributed by atoms with van der Waals surface area (Å²) in [6.45, 7) is 0.638. The van der Waals surface area contributed by atoms with E-state index in [-0.39, 0.29) is 0 Å². The summed E-state index contributed by atoms with van der Waals surface area (Å²) in [4.78, 5) is 4.60. The third-order valence-corrected chi connectivity index (χ3v) is 3.60. The largest absolute Gasteiger partial charge is 0.464 e. The van der Waals surface area contributed by atoms with Gasteiger partial charge >= 0.3 is 0 Å². The average Bonchev–Trinajstić information content (AvgIpc) is 2.96. The average molecular weight is 244 g/mol. The Morgan fingerprint density at radius 3 is 3.12 bits per heavy atom. The van der Waals surface area contributed by atoms with Gasteiger partial charge in [-0.15, -0.1) is 11.3 Å². The molecule has 0 saturated carbocycles. The maximum Gasteiger partial charge on any atom is 0.134 e. The molecule has 2 aromatic heterocycles. The van der Waals surface area contributed by atoms with Crippen molar-refractivity contribution in [2.45, 2.75) is 6.42 Å². The summed E-state index contributed by atoms with van der Waals surface area (Å²) in [7, 11) is 0. The Morgan fingerprint density at radius 1 is 1.29 bits per heavy atom. The number of benzene rings is 1. The Hall–Kier alpha value is -1.65. The Bertz CT molecular complexity index is 641. The summed E-state index contributed by atoms with van der Waals surface area (Å²) < 4.78 is 5.39. The van der Waals surface area contributed by atoms with E-state index in [9.17, 15) is 0 Å². The van der Waals surface area contributed by atoms with Crippen LogP contribution in [0.15, 0.2) is 40.3 Å². The van der Waals surface area contributed by atoms with E-state index in [2.05, 4.69) is 16.4 Å². The highest BCUT2D eigenvalue weighted by Crippen LogP contribution is 2.31. The molecule has 0 atom stereocenters. The van der Waals surface area contributed by atoms with Gasteiger partial charge in [0.25, 0.3) is 0 Å². The minimum atomic E-state index is 0.638. The van der Waals surface area contributed by atoms with E-state index in [0.29, 0.717) is 6.54 Å². The molecule has 2 heterocycles.